The molecule has 146 valence electrons. The smallest absolute Gasteiger partial charge is 0.251 e. The molecule has 1 fully saturated rings. The molecule has 4 rings (SSSR count). The number of benzene rings is 1. The van der Waals surface area contributed by atoms with E-state index in [2.05, 4.69) is 37.2 Å². The van der Waals surface area contributed by atoms with E-state index >= 15 is 0 Å². The molecule has 2 aliphatic heterocycles. The van der Waals surface area contributed by atoms with Gasteiger partial charge in [0, 0.05) is 55.5 Å². The average molecular weight is 377 g/mol. The summed E-state index contributed by atoms with van der Waals surface area (Å²) in [5.74, 6) is 0.693. The fraction of sp³-hybridized carbons (Fsp3) is 0.409. The molecule has 1 saturated heterocycles. The van der Waals surface area contributed by atoms with Crippen LogP contribution in [-0.2, 0) is 4.79 Å². The van der Waals surface area contributed by atoms with Crippen molar-refractivity contribution in [3.8, 4) is 0 Å². The molecule has 1 aromatic heterocycles. The molecule has 28 heavy (non-hydrogen) atoms. The lowest BCUT2D eigenvalue weighted by atomic mass is 10.1. The number of carbonyl (C=O) groups excluding carboxylic acids is 1. The summed E-state index contributed by atoms with van der Waals surface area (Å²) >= 11 is 0. The van der Waals surface area contributed by atoms with Gasteiger partial charge in [0.25, 0.3) is 5.91 Å². The van der Waals surface area contributed by atoms with Crippen LogP contribution in [0.5, 0.6) is 0 Å². The summed E-state index contributed by atoms with van der Waals surface area (Å²) < 4.78 is 0. The zero-order valence-electron chi connectivity index (χ0n) is 16.2. The van der Waals surface area contributed by atoms with E-state index in [9.17, 15) is 4.79 Å². The van der Waals surface area contributed by atoms with Crippen LogP contribution in [0.15, 0.2) is 54.4 Å². The summed E-state index contributed by atoms with van der Waals surface area (Å²) in [6.45, 7) is 3.65. The first kappa shape index (κ1) is 18.5. The lowest BCUT2D eigenvalue weighted by Gasteiger charge is -2.26. The van der Waals surface area contributed by atoms with Gasteiger partial charge in [-0.05, 0) is 49.6 Å². The molecule has 6 nitrogen and oxygen atoms in total. The summed E-state index contributed by atoms with van der Waals surface area (Å²) in [6.07, 6.45) is 11.3. The third kappa shape index (κ3) is 4.50. The van der Waals surface area contributed by atoms with Gasteiger partial charge in [0.2, 0.25) is 5.95 Å². The zero-order valence-corrected chi connectivity index (χ0v) is 16.2. The second-order valence-electron chi connectivity index (χ2n) is 7.38. The highest BCUT2D eigenvalue weighted by atomic mass is 16.1. The predicted octanol–water partition coefficient (Wildman–Crippen LogP) is 3.63. The van der Waals surface area contributed by atoms with Gasteiger partial charge < -0.3 is 15.1 Å². The number of nitrogens with one attached hydrogen (secondary N) is 1. The fourth-order valence-corrected chi connectivity index (χ4v) is 3.81. The highest BCUT2D eigenvalue weighted by molar-refractivity contribution is 6.04. The largest absolute Gasteiger partial charge is 0.372 e. The van der Waals surface area contributed by atoms with Gasteiger partial charge in [0.05, 0.1) is 0 Å². The second-order valence-corrected chi connectivity index (χ2v) is 7.38. The number of hydrogen-bond donors (Lipinski definition) is 1. The third-order valence-corrected chi connectivity index (χ3v) is 5.43. The molecule has 6 heteroatoms. The lowest BCUT2D eigenvalue weighted by Crippen LogP contribution is -2.32. The molecule has 0 bridgehead atoms. The summed E-state index contributed by atoms with van der Waals surface area (Å²) in [5, 5.41) is 3.03. The summed E-state index contributed by atoms with van der Waals surface area (Å²) in [7, 11) is 0. The minimum Gasteiger partial charge on any atom is -0.372 e. The summed E-state index contributed by atoms with van der Waals surface area (Å²) in [6, 6.07) is 10.0. The van der Waals surface area contributed by atoms with Crippen LogP contribution in [0.2, 0.25) is 0 Å². The molecule has 2 aliphatic rings. The van der Waals surface area contributed by atoms with E-state index in [1.807, 2.05) is 18.2 Å². The molecule has 2 aromatic rings. The SMILES string of the molecule is O=C(Nc1ccc(N2CCCCCC2)cc1)C1=CCN(c2ncccn2)CC1. The van der Waals surface area contributed by atoms with E-state index in [1.165, 1.54) is 31.4 Å². The predicted molar refractivity (Wildman–Crippen MR) is 113 cm³/mol. The molecular weight excluding hydrogens is 350 g/mol. The van der Waals surface area contributed by atoms with Crippen molar-refractivity contribution in [2.45, 2.75) is 32.1 Å². The molecule has 0 saturated carbocycles. The van der Waals surface area contributed by atoms with Crippen LogP contribution in [0.3, 0.4) is 0 Å². The van der Waals surface area contributed by atoms with Gasteiger partial charge in [0.15, 0.2) is 0 Å². The van der Waals surface area contributed by atoms with Gasteiger partial charge >= 0.3 is 0 Å². The number of rotatable bonds is 4. The fourth-order valence-electron chi connectivity index (χ4n) is 3.81. The van der Waals surface area contributed by atoms with E-state index in [4.69, 9.17) is 0 Å². The van der Waals surface area contributed by atoms with Gasteiger partial charge in [-0.25, -0.2) is 9.97 Å². The first-order chi connectivity index (χ1) is 13.8. The number of nitrogens with zero attached hydrogens (tertiary/aromatic N) is 4. The molecule has 0 radical (unpaired) electrons. The van der Waals surface area contributed by atoms with E-state index in [1.54, 1.807) is 18.5 Å². The van der Waals surface area contributed by atoms with Crippen molar-refractivity contribution in [1.29, 1.82) is 0 Å². The van der Waals surface area contributed by atoms with E-state index in [-0.39, 0.29) is 5.91 Å². The van der Waals surface area contributed by atoms with Crippen LogP contribution in [0.1, 0.15) is 32.1 Å². The maximum atomic E-state index is 12.6. The van der Waals surface area contributed by atoms with Crippen LogP contribution in [0, 0.1) is 0 Å². The maximum Gasteiger partial charge on any atom is 0.251 e. The molecule has 1 aromatic carbocycles. The number of carbonyl (C=O) groups is 1. The van der Waals surface area contributed by atoms with Crippen molar-refractivity contribution in [3.05, 3.63) is 54.4 Å². The Bertz CT molecular complexity index is 811. The standard InChI is InChI=1S/C22H27N5O/c28-21(18-10-16-27(17-11-18)22-23-12-5-13-24-22)25-19-6-8-20(9-7-19)26-14-3-1-2-4-15-26/h5-10,12-13H,1-4,11,14-17H2,(H,25,28). The summed E-state index contributed by atoms with van der Waals surface area (Å²) in [5.41, 5.74) is 2.91. The molecule has 1 N–H and O–H groups in total. The Morgan fingerprint density at radius 3 is 2.25 bits per heavy atom. The second kappa shape index (κ2) is 8.87. The van der Waals surface area contributed by atoms with E-state index < -0.39 is 0 Å². The van der Waals surface area contributed by atoms with Crippen molar-refractivity contribution in [1.82, 2.24) is 9.97 Å². The molecule has 0 spiro atoms. The number of hydrogen-bond acceptors (Lipinski definition) is 5. The Labute approximate surface area is 166 Å². The minimum absolute atomic E-state index is 0.0175. The Balaban J connectivity index is 1.34. The van der Waals surface area contributed by atoms with Gasteiger partial charge in [0.1, 0.15) is 0 Å². The Morgan fingerprint density at radius 2 is 1.61 bits per heavy atom. The monoisotopic (exact) mass is 377 g/mol. The van der Waals surface area contributed by atoms with Crippen LogP contribution < -0.4 is 15.1 Å². The maximum absolute atomic E-state index is 12.6. The van der Waals surface area contributed by atoms with Crippen molar-refractivity contribution in [3.63, 3.8) is 0 Å². The Kier molecular flexibility index (Phi) is 5.85. The van der Waals surface area contributed by atoms with Gasteiger partial charge in [-0.1, -0.05) is 18.9 Å². The van der Waals surface area contributed by atoms with Gasteiger partial charge in [-0.3, -0.25) is 4.79 Å². The summed E-state index contributed by atoms with van der Waals surface area (Å²) in [4.78, 5) is 25.7. The minimum atomic E-state index is -0.0175. The normalized spacial score (nSPS) is 17.6. The molecule has 0 atom stereocenters. The first-order valence-electron chi connectivity index (χ1n) is 10.2. The number of amides is 1. The number of aromatic nitrogens is 2. The van der Waals surface area contributed by atoms with E-state index in [0.717, 1.165) is 30.9 Å². The molecule has 0 unspecified atom stereocenters. The average Bonchev–Trinajstić information content (AvgIpc) is 3.05. The first-order valence-corrected chi connectivity index (χ1v) is 10.2. The van der Waals surface area contributed by atoms with Crippen molar-refractivity contribution in [2.24, 2.45) is 0 Å². The van der Waals surface area contributed by atoms with Crippen molar-refractivity contribution in [2.75, 3.05) is 41.3 Å². The molecule has 0 aliphatic carbocycles. The zero-order chi connectivity index (χ0) is 19.2. The quantitative estimate of drug-likeness (QED) is 0.882. The molecular formula is C22H27N5O. The Morgan fingerprint density at radius 1 is 0.893 bits per heavy atom. The van der Waals surface area contributed by atoms with E-state index in [0.29, 0.717) is 18.9 Å². The topological polar surface area (TPSA) is 61.4 Å². The lowest BCUT2D eigenvalue weighted by molar-refractivity contribution is -0.113. The number of anilines is 3. The Hall–Kier alpha value is -2.89. The van der Waals surface area contributed by atoms with Gasteiger partial charge in [-0.15, -0.1) is 0 Å². The van der Waals surface area contributed by atoms with Gasteiger partial charge in [-0.2, -0.15) is 0 Å². The van der Waals surface area contributed by atoms with Crippen LogP contribution in [0.25, 0.3) is 0 Å². The van der Waals surface area contributed by atoms with Crippen LogP contribution in [-0.4, -0.2) is 42.1 Å². The van der Waals surface area contributed by atoms with Crippen molar-refractivity contribution >= 4 is 23.2 Å². The van der Waals surface area contributed by atoms with Crippen molar-refractivity contribution < 1.29 is 4.79 Å². The van der Waals surface area contributed by atoms with Crippen LogP contribution in [0.4, 0.5) is 17.3 Å². The molecule has 1 amide bonds. The molecule has 3 heterocycles. The third-order valence-electron chi connectivity index (χ3n) is 5.43. The van der Waals surface area contributed by atoms with Crippen LogP contribution >= 0.6 is 0 Å². The highest BCUT2D eigenvalue weighted by Gasteiger charge is 2.18. The highest BCUT2D eigenvalue weighted by Crippen LogP contribution is 2.22.